The summed E-state index contributed by atoms with van der Waals surface area (Å²) in [5, 5.41) is 10.9. The smallest absolute Gasteiger partial charge is 0.244 e. The van der Waals surface area contributed by atoms with Crippen molar-refractivity contribution in [1.29, 1.82) is 0 Å². The Labute approximate surface area is 118 Å². The highest BCUT2D eigenvalue weighted by molar-refractivity contribution is 5.36. The van der Waals surface area contributed by atoms with Crippen LogP contribution in [0, 0.1) is 0 Å². The van der Waals surface area contributed by atoms with Gasteiger partial charge in [-0.05, 0) is 24.0 Å². The van der Waals surface area contributed by atoms with Gasteiger partial charge in [0.2, 0.25) is 5.95 Å². The molecule has 104 valence electrons. The molecule has 0 atom stereocenters. The fourth-order valence-electron chi connectivity index (χ4n) is 3.21. The van der Waals surface area contributed by atoms with Crippen LogP contribution in [-0.2, 0) is 12.8 Å². The zero-order valence-electron chi connectivity index (χ0n) is 11.5. The Kier molecular flexibility index (Phi) is 2.92. The lowest BCUT2D eigenvalue weighted by Crippen LogP contribution is -2.44. The van der Waals surface area contributed by atoms with Crippen LogP contribution < -0.4 is 10.2 Å². The molecule has 2 aromatic rings. The molecule has 2 heterocycles. The van der Waals surface area contributed by atoms with E-state index in [1.807, 2.05) is 0 Å². The summed E-state index contributed by atoms with van der Waals surface area (Å²) >= 11 is 0. The molecule has 1 aromatic heterocycles. The molecular formula is C15H19N5. The Morgan fingerprint density at radius 3 is 2.45 bits per heavy atom. The van der Waals surface area contributed by atoms with Crippen LogP contribution in [0.15, 0.2) is 24.3 Å². The molecule has 0 spiro atoms. The van der Waals surface area contributed by atoms with Gasteiger partial charge in [0.15, 0.2) is 0 Å². The van der Waals surface area contributed by atoms with Gasteiger partial charge in [-0.3, -0.25) is 5.10 Å². The molecule has 2 N–H and O–H groups in total. The number of aromatic amines is 1. The number of benzene rings is 1. The number of aromatic nitrogens is 3. The normalized spacial score (nSPS) is 19.3. The lowest BCUT2D eigenvalue weighted by Gasteiger charge is -2.25. The van der Waals surface area contributed by atoms with Gasteiger partial charge in [-0.25, -0.2) is 0 Å². The van der Waals surface area contributed by atoms with Crippen molar-refractivity contribution in [3.8, 4) is 0 Å². The number of piperazine rings is 1. The van der Waals surface area contributed by atoms with Crippen molar-refractivity contribution in [2.24, 2.45) is 0 Å². The number of H-pyrrole nitrogens is 1. The van der Waals surface area contributed by atoms with Crippen molar-refractivity contribution in [2.75, 3.05) is 31.1 Å². The summed E-state index contributed by atoms with van der Waals surface area (Å²) in [7, 11) is 0. The van der Waals surface area contributed by atoms with Gasteiger partial charge in [0.1, 0.15) is 5.82 Å². The summed E-state index contributed by atoms with van der Waals surface area (Å²) in [6.07, 6.45) is 2.15. The Bertz CT molecular complexity index is 575. The van der Waals surface area contributed by atoms with Crippen LogP contribution >= 0.6 is 0 Å². The molecule has 0 radical (unpaired) electrons. The molecule has 0 unspecified atom stereocenters. The third-order valence-corrected chi connectivity index (χ3v) is 4.33. The van der Waals surface area contributed by atoms with Crippen LogP contribution in [-0.4, -0.2) is 41.4 Å². The molecule has 20 heavy (non-hydrogen) atoms. The highest BCUT2D eigenvalue weighted by Gasteiger charge is 2.26. The third kappa shape index (κ3) is 2.08. The Balaban J connectivity index is 1.52. The Morgan fingerprint density at radius 2 is 1.75 bits per heavy atom. The molecule has 1 aromatic carbocycles. The third-order valence-electron chi connectivity index (χ3n) is 4.33. The summed E-state index contributed by atoms with van der Waals surface area (Å²) in [5.74, 6) is 2.35. The summed E-state index contributed by atoms with van der Waals surface area (Å²) in [6.45, 7) is 4.00. The molecule has 2 aliphatic rings. The van der Waals surface area contributed by atoms with Crippen LogP contribution in [0.4, 0.5) is 5.95 Å². The van der Waals surface area contributed by atoms with Crippen LogP contribution in [0.5, 0.6) is 0 Å². The second-order valence-electron chi connectivity index (χ2n) is 5.63. The first kappa shape index (κ1) is 11.9. The average molecular weight is 269 g/mol. The zero-order valence-corrected chi connectivity index (χ0v) is 11.5. The minimum Gasteiger partial charge on any atom is -0.337 e. The summed E-state index contributed by atoms with van der Waals surface area (Å²) in [5.41, 5.74) is 2.91. The molecule has 5 heteroatoms. The van der Waals surface area contributed by atoms with Crippen molar-refractivity contribution in [3.05, 3.63) is 41.2 Å². The Morgan fingerprint density at radius 1 is 1.05 bits per heavy atom. The second-order valence-corrected chi connectivity index (χ2v) is 5.63. The summed E-state index contributed by atoms with van der Waals surface area (Å²) < 4.78 is 0. The topological polar surface area (TPSA) is 56.8 Å². The second kappa shape index (κ2) is 4.90. The van der Waals surface area contributed by atoms with Crippen molar-refractivity contribution in [2.45, 2.75) is 18.8 Å². The lowest BCUT2D eigenvalue weighted by molar-refractivity contribution is 0.580. The number of fused-ring (bicyclic) bond motifs is 1. The van der Waals surface area contributed by atoms with Crippen molar-refractivity contribution < 1.29 is 0 Å². The van der Waals surface area contributed by atoms with E-state index in [1.165, 1.54) is 11.1 Å². The van der Waals surface area contributed by atoms with Crippen LogP contribution in [0.2, 0.25) is 0 Å². The SMILES string of the molecule is c1ccc2c(c1)CC(c1nc(N3CCNCC3)n[nH]1)C2. The van der Waals surface area contributed by atoms with Crippen molar-refractivity contribution in [1.82, 2.24) is 20.5 Å². The van der Waals surface area contributed by atoms with E-state index in [9.17, 15) is 0 Å². The average Bonchev–Trinajstić information content (AvgIpc) is 3.14. The highest BCUT2D eigenvalue weighted by Crippen LogP contribution is 2.32. The van der Waals surface area contributed by atoms with E-state index in [2.05, 4.69) is 44.7 Å². The first-order valence-electron chi connectivity index (χ1n) is 7.35. The van der Waals surface area contributed by atoms with E-state index < -0.39 is 0 Å². The monoisotopic (exact) mass is 269 g/mol. The van der Waals surface area contributed by atoms with Gasteiger partial charge in [0, 0.05) is 32.1 Å². The molecule has 5 nitrogen and oxygen atoms in total. The van der Waals surface area contributed by atoms with Gasteiger partial charge in [-0.1, -0.05) is 24.3 Å². The van der Waals surface area contributed by atoms with E-state index in [0.717, 1.165) is 50.8 Å². The van der Waals surface area contributed by atoms with Gasteiger partial charge >= 0.3 is 0 Å². The van der Waals surface area contributed by atoms with Crippen LogP contribution in [0.3, 0.4) is 0 Å². The van der Waals surface area contributed by atoms with Crippen molar-refractivity contribution >= 4 is 5.95 Å². The van der Waals surface area contributed by atoms with E-state index in [1.54, 1.807) is 0 Å². The fourth-order valence-corrected chi connectivity index (χ4v) is 3.21. The van der Waals surface area contributed by atoms with Gasteiger partial charge in [-0.2, -0.15) is 4.98 Å². The first-order valence-corrected chi connectivity index (χ1v) is 7.35. The van der Waals surface area contributed by atoms with Gasteiger partial charge in [-0.15, -0.1) is 5.10 Å². The van der Waals surface area contributed by atoms with Gasteiger partial charge in [0.25, 0.3) is 0 Å². The summed E-state index contributed by atoms with van der Waals surface area (Å²) in [6, 6.07) is 8.69. The Hall–Kier alpha value is -1.88. The predicted molar refractivity (Wildman–Crippen MR) is 78.1 cm³/mol. The number of rotatable bonds is 2. The maximum Gasteiger partial charge on any atom is 0.244 e. The molecule has 1 aliphatic carbocycles. The quantitative estimate of drug-likeness (QED) is 0.857. The van der Waals surface area contributed by atoms with E-state index in [4.69, 9.17) is 4.98 Å². The minimum atomic E-state index is 0.455. The maximum atomic E-state index is 4.73. The van der Waals surface area contributed by atoms with E-state index in [-0.39, 0.29) is 0 Å². The molecule has 1 aliphatic heterocycles. The number of anilines is 1. The first-order chi connectivity index (χ1) is 9.90. The van der Waals surface area contributed by atoms with E-state index in [0.29, 0.717) is 5.92 Å². The molecule has 0 amide bonds. The molecule has 4 rings (SSSR count). The largest absolute Gasteiger partial charge is 0.337 e. The standard InChI is InChI=1S/C15H19N5/c1-2-4-12-10-13(9-11(12)3-1)14-17-15(19-18-14)20-7-5-16-6-8-20/h1-4,13,16H,5-10H2,(H,17,18,19). The van der Waals surface area contributed by atoms with E-state index >= 15 is 0 Å². The number of nitrogens with zero attached hydrogens (tertiary/aromatic N) is 3. The number of nitrogens with one attached hydrogen (secondary N) is 2. The van der Waals surface area contributed by atoms with Crippen LogP contribution in [0.1, 0.15) is 22.9 Å². The molecule has 0 saturated carbocycles. The molecular weight excluding hydrogens is 250 g/mol. The molecule has 1 saturated heterocycles. The molecule has 1 fully saturated rings. The number of hydrogen-bond donors (Lipinski definition) is 2. The molecule has 0 bridgehead atoms. The van der Waals surface area contributed by atoms with Crippen molar-refractivity contribution in [3.63, 3.8) is 0 Å². The minimum absolute atomic E-state index is 0.455. The van der Waals surface area contributed by atoms with Gasteiger partial charge in [0.05, 0.1) is 0 Å². The fraction of sp³-hybridized carbons (Fsp3) is 0.467. The van der Waals surface area contributed by atoms with Crippen LogP contribution in [0.25, 0.3) is 0 Å². The van der Waals surface area contributed by atoms with Gasteiger partial charge < -0.3 is 10.2 Å². The number of hydrogen-bond acceptors (Lipinski definition) is 4. The highest BCUT2D eigenvalue weighted by atomic mass is 15.4. The predicted octanol–water partition coefficient (Wildman–Crippen LogP) is 1.10. The lowest BCUT2D eigenvalue weighted by atomic mass is 10.1. The summed E-state index contributed by atoms with van der Waals surface area (Å²) in [4.78, 5) is 6.98. The zero-order chi connectivity index (χ0) is 13.4. The maximum absolute atomic E-state index is 4.73.